The summed E-state index contributed by atoms with van der Waals surface area (Å²) in [5, 5.41) is 12.3. The van der Waals surface area contributed by atoms with Crippen LogP contribution in [0.15, 0.2) is 53.0 Å². The van der Waals surface area contributed by atoms with Crippen molar-refractivity contribution in [2.45, 2.75) is 12.5 Å². The Morgan fingerprint density at radius 3 is 2.65 bits per heavy atom. The molecule has 20 heavy (non-hydrogen) atoms. The third-order valence-corrected chi connectivity index (χ3v) is 3.36. The molecule has 5 heteroatoms. The lowest BCUT2D eigenvalue weighted by Gasteiger charge is -2.13. The highest BCUT2D eigenvalue weighted by Crippen LogP contribution is 2.27. The third kappa shape index (κ3) is 3.82. The van der Waals surface area contributed by atoms with Crippen LogP contribution in [-0.2, 0) is 4.79 Å². The number of anilines is 1. The third-order valence-electron chi connectivity index (χ3n) is 2.87. The topological polar surface area (TPSA) is 75.4 Å². The molecule has 0 aliphatic rings. The van der Waals surface area contributed by atoms with Gasteiger partial charge in [-0.25, -0.2) is 0 Å². The average Bonchev–Trinajstić information content (AvgIpc) is 2.43. The van der Waals surface area contributed by atoms with E-state index in [-0.39, 0.29) is 24.1 Å². The predicted molar refractivity (Wildman–Crippen MR) is 82.4 cm³/mol. The number of benzene rings is 2. The van der Waals surface area contributed by atoms with Crippen LogP contribution < -0.4 is 11.1 Å². The van der Waals surface area contributed by atoms with Crippen LogP contribution in [0.1, 0.15) is 18.0 Å². The van der Waals surface area contributed by atoms with Gasteiger partial charge in [0.2, 0.25) is 5.91 Å². The minimum absolute atomic E-state index is 0.0230. The number of rotatable bonds is 4. The predicted octanol–water partition coefficient (Wildman–Crippen LogP) is 3.18. The molecule has 0 aliphatic heterocycles. The number of carbonyl (C=O) groups excluding carboxylic acids is 1. The molecule has 0 aromatic heterocycles. The standard InChI is InChI=1S/C15H15BrN2O2/c16-11-6-7-14(19)13(8-11)18-15(20)9-12(17)10-4-2-1-3-5-10/h1-8,12,19H,9,17H2,(H,18,20). The number of halogens is 1. The van der Waals surface area contributed by atoms with E-state index in [2.05, 4.69) is 21.2 Å². The second-order valence-electron chi connectivity index (χ2n) is 4.43. The van der Waals surface area contributed by atoms with Crippen LogP contribution in [-0.4, -0.2) is 11.0 Å². The maximum atomic E-state index is 11.9. The van der Waals surface area contributed by atoms with Gasteiger partial charge in [-0.2, -0.15) is 0 Å². The fraction of sp³-hybridized carbons (Fsp3) is 0.133. The number of amides is 1. The average molecular weight is 335 g/mol. The number of nitrogens with two attached hydrogens (primary N) is 1. The summed E-state index contributed by atoms with van der Waals surface area (Å²) in [6.45, 7) is 0. The maximum Gasteiger partial charge on any atom is 0.226 e. The number of hydrogen-bond donors (Lipinski definition) is 3. The molecule has 0 radical (unpaired) electrons. The van der Waals surface area contributed by atoms with Crippen molar-refractivity contribution in [2.24, 2.45) is 5.73 Å². The van der Waals surface area contributed by atoms with E-state index in [4.69, 9.17) is 5.73 Å². The molecule has 0 fully saturated rings. The molecule has 2 rings (SSSR count). The quantitative estimate of drug-likeness (QED) is 0.751. The van der Waals surface area contributed by atoms with Gasteiger partial charge in [0.1, 0.15) is 5.75 Å². The summed E-state index contributed by atoms with van der Waals surface area (Å²) >= 11 is 3.29. The molecule has 0 heterocycles. The minimum Gasteiger partial charge on any atom is -0.506 e. The Balaban J connectivity index is 2.01. The van der Waals surface area contributed by atoms with Crippen LogP contribution in [0.4, 0.5) is 5.69 Å². The fourth-order valence-electron chi connectivity index (χ4n) is 1.83. The first kappa shape index (κ1) is 14.6. The van der Waals surface area contributed by atoms with Gasteiger partial charge >= 0.3 is 0 Å². The molecule has 2 aromatic rings. The normalized spacial score (nSPS) is 11.9. The molecule has 0 bridgehead atoms. The van der Waals surface area contributed by atoms with Gasteiger partial charge in [-0.05, 0) is 23.8 Å². The van der Waals surface area contributed by atoms with Crippen LogP contribution in [0.5, 0.6) is 5.75 Å². The zero-order chi connectivity index (χ0) is 14.5. The van der Waals surface area contributed by atoms with Crippen LogP contribution >= 0.6 is 15.9 Å². The van der Waals surface area contributed by atoms with Crippen LogP contribution in [0.2, 0.25) is 0 Å². The fourth-order valence-corrected chi connectivity index (χ4v) is 2.19. The van der Waals surface area contributed by atoms with E-state index in [1.54, 1.807) is 12.1 Å². The molecular formula is C15H15BrN2O2. The van der Waals surface area contributed by atoms with Gasteiger partial charge in [-0.15, -0.1) is 0 Å². The van der Waals surface area contributed by atoms with Crippen LogP contribution in [0.25, 0.3) is 0 Å². The van der Waals surface area contributed by atoms with Crippen molar-refractivity contribution < 1.29 is 9.90 Å². The van der Waals surface area contributed by atoms with Gasteiger partial charge in [0, 0.05) is 16.9 Å². The first-order valence-corrected chi connectivity index (χ1v) is 6.94. The van der Waals surface area contributed by atoms with Gasteiger partial charge in [0.15, 0.2) is 0 Å². The van der Waals surface area contributed by atoms with Crippen molar-refractivity contribution in [3.63, 3.8) is 0 Å². The molecule has 4 N–H and O–H groups in total. The molecule has 104 valence electrons. The molecule has 0 aliphatic carbocycles. The molecule has 1 unspecified atom stereocenters. The van der Waals surface area contributed by atoms with Crippen molar-refractivity contribution in [3.8, 4) is 5.75 Å². The number of carbonyl (C=O) groups is 1. The van der Waals surface area contributed by atoms with Gasteiger partial charge in [0.25, 0.3) is 0 Å². The molecule has 2 aromatic carbocycles. The molecule has 1 atom stereocenters. The van der Waals surface area contributed by atoms with Crippen molar-refractivity contribution in [1.82, 2.24) is 0 Å². The van der Waals surface area contributed by atoms with Crippen molar-refractivity contribution in [1.29, 1.82) is 0 Å². The second-order valence-corrected chi connectivity index (χ2v) is 5.35. The second kappa shape index (κ2) is 6.54. The summed E-state index contributed by atoms with van der Waals surface area (Å²) in [5.74, 6) is -0.218. The zero-order valence-corrected chi connectivity index (χ0v) is 12.3. The molecule has 0 spiro atoms. The first-order valence-electron chi connectivity index (χ1n) is 6.15. The number of aromatic hydroxyl groups is 1. The Morgan fingerprint density at radius 2 is 1.95 bits per heavy atom. The van der Waals surface area contributed by atoms with E-state index in [0.717, 1.165) is 10.0 Å². The van der Waals surface area contributed by atoms with Crippen LogP contribution in [0, 0.1) is 0 Å². The monoisotopic (exact) mass is 334 g/mol. The Kier molecular flexibility index (Phi) is 4.76. The van der Waals surface area contributed by atoms with Crippen molar-refractivity contribution in [3.05, 3.63) is 58.6 Å². The van der Waals surface area contributed by atoms with E-state index in [0.29, 0.717) is 5.69 Å². The summed E-state index contributed by atoms with van der Waals surface area (Å²) in [7, 11) is 0. The molecule has 0 saturated carbocycles. The summed E-state index contributed by atoms with van der Waals surface area (Å²) in [5.41, 5.74) is 7.25. The van der Waals surface area contributed by atoms with E-state index < -0.39 is 0 Å². The van der Waals surface area contributed by atoms with Gasteiger partial charge < -0.3 is 16.2 Å². The number of phenols is 1. The van der Waals surface area contributed by atoms with E-state index in [1.807, 2.05) is 30.3 Å². The van der Waals surface area contributed by atoms with E-state index >= 15 is 0 Å². The lowest BCUT2D eigenvalue weighted by atomic mass is 10.0. The number of nitrogens with one attached hydrogen (secondary N) is 1. The number of phenolic OH excluding ortho intramolecular Hbond substituents is 1. The Labute approximate surface area is 125 Å². The smallest absolute Gasteiger partial charge is 0.226 e. The maximum absolute atomic E-state index is 11.9. The summed E-state index contributed by atoms with van der Waals surface area (Å²) in [6.07, 6.45) is 0.149. The highest BCUT2D eigenvalue weighted by molar-refractivity contribution is 9.10. The first-order chi connectivity index (χ1) is 9.56. The highest BCUT2D eigenvalue weighted by Gasteiger charge is 2.13. The van der Waals surface area contributed by atoms with Crippen molar-refractivity contribution >= 4 is 27.5 Å². The molecule has 1 amide bonds. The lowest BCUT2D eigenvalue weighted by Crippen LogP contribution is -2.20. The zero-order valence-electron chi connectivity index (χ0n) is 10.7. The van der Waals surface area contributed by atoms with Gasteiger partial charge in [-0.1, -0.05) is 46.3 Å². The summed E-state index contributed by atoms with van der Waals surface area (Å²) < 4.78 is 0.776. The molecule has 4 nitrogen and oxygen atoms in total. The van der Waals surface area contributed by atoms with E-state index in [9.17, 15) is 9.90 Å². The summed E-state index contributed by atoms with van der Waals surface area (Å²) in [6, 6.07) is 13.9. The van der Waals surface area contributed by atoms with Crippen LogP contribution in [0.3, 0.4) is 0 Å². The highest BCUT2D eigenvalue weighted by atomic mass is 79.9. The Morgan fingerprint density at radius 1 is 1.25 bits per heavy atom. The Hall–Kier alpha value is -1.85. The Bertz CT molecular complexity index is 602. The van der Waals surface area contributed by atoms with Gasteiger partial charge in [-0.3, -0.25) is 4.79 Å². The number of hydrogen-bond acceptors (Lipinski definition) is 3. The lowest BCUT2D eigenvalue weighted by molar-refractivity contribution is -0.116. The van der Waals surface area contributed by atoms with Gasteiger partial charge in [0.05, 0.1) is 5.69 Å². The molecular weight excluding hydrogens is 320 g/mol. The van der Waals surface area contributed by atoms with E-state index in [1.165, 1.54) is 6.07 Å². The minimum atomic E-state index is -0.370. The largest absolute Gasteiger partial charge is 0.506 e. The van der Waals surface area contributed by atoms with Crippen molar-refractivity contribution in [2.75, 3.05) is 5.32 Å². The molecule has 0 saturated heterocycles. The summed E-state index contributed by atoms with van der Waals surface area (Å²) in [4.78, 5) is 11.9. The SMILES string of the molecule is NC(CC(=O)Nc1cc(Br)ccc1O)c1ccccc1.